The van der Waals surface area contributed by atoms with Crippen LogP contribution in [0.2, 0.25) is 5.02 Å². The summed E-state index contributed by atoms with van der Waals surface area (Å²) in [5, 5.41) is 3.47. The zero-order valence-electron chi connectivity index (χ0n) is 11.5. The summed E-state index contributed by atoms with van der Waals surface area (Å²) < 4.78 is 5.10. The molecule has 0 atom stereocenters. The zero-order valence-corrected chi connectivity index (χ0v) is 12.3. The van der Waals surface area contributed by atoms with E-state index in [0.717, 1.165) is 25.9 Å². The molecule has 0 unspecified atom stereocenters. The molecule has 0 aliphatic heterocycles. The van der Waals surface area contributed by atoms with Crippen molar-refractivity contribution < 1.29 is 9.53 Å². The van der Waals surface area contributed by atoms with Gasteiger partial charge >= 0.3 is 0 Å². The first kappa shape index (κ1) is 15.1. The minimum absolute atomic E-state index is 0.163. The number of hydrogen-bond acceptors (Lipinski definition) is 4. The number of methoxy groups -OCH3 is 1. The summed E-state index contributed by atoms with van der Waals surface area (Å²) in [7, 11) is 1.69. The Morgan fingerprint density at radius 1 is 1.50 bits per heavy atom. The number of ether oxygens (including phenoxy) is 1. The molecular weight excluding hydrogens is 278 g/mol. The van der Waals surface area contributed by atoms with Gasteiger partial charge in [-0.1, -0.05) is 11.6 Å². The molecule has 0 radical (unpaired) electrons. The summed E-state index contributed by atoms with van der Waals surface area (Å²) in [4.78, 5) is 12.2. The SMILES string of the molecule is COCCC1(CNC(=O)c2cc(Cl)ccc2NN)CC1. The Kier molecular flexibility index (Phi) is 4.86. The number of carbonyl (C=O) groups is 1. The summed E-state index contributed by atoms with van der Waals surface area (Å²) in [6.45, 7) is 1.38. The molecule has 6 heteroatoms. The lowest BCUT2D eigenvalue weighted by atomic mass is 10.0. The molecule has 20 heavy (non-hydrogen) atoms. The van der Waals surface area contributed by atoms with Crippen molar-refractivity contribution in [2.45, 2.75) is 19.3 Å². The van der Waals surface area contributed by atoms with Gasteiger partial charge in [0, 0.05) is 25.3 Å². The highest BCUT2D eigenvalue weighted by Crippen LogP contribution is 2.48. The van der Waals surface area contributed by atoms with Crippen molar-refractivity contribution in [1.82, 2.24) is 5.32 Å². The van der Waals surface area contributed by atoms with Crippen LogP contribution in [0.1, 0.15) is 29.6 Å². The second kappa shape index (κ2) is 6.43. The summed E-state index contributed by atoms with van der Waals surface area (Å²) in [6, 6.07) is 4.99. The minimum Gasteiger partial charge on any atom is -0.385 e. The monoisotopic (exact) mass is 297 g/mol. The molecular formula is C14H20ClN3O2. The lowest BCUT2D eigenvalue weighted by molar-refractivity contribution is 0.0938. The van der Waals surface area contributed by atoms with Gasteiger partial charge in [-0.2, -0.15) is 0 Å². The van der Waals surface area contributed by atoms with Crippen LogP contribution in [0.15, 0.2) is 18.2 Å². The topological polar surface area (TPSA) is 76.4 Å². The first-order valence-electron chi connectivity index (χ1n) is 6.63. The number of rotatable bonds is 7. The molecule has 1 aromatic rings. The van der Waals surface area contributed by atoms with E-state index in [-0.39, 0.29) is 11.3 Å². The van der Waals surface area contributed by atoms with Gasteiger partial charge in [0.2, 0.25) is 0 Å². The third kappa shape index (κ3) is 3.62. The van der Waals surface area contributed by atoms with Gasteiger partial charge in [0.15, 0.2) is 0 Å². The Morgan fingerprint density at radius 3 is 2.85 bits per heavy atom. The minimum atomic E-state index is -0.163. The second-order valence-electron chi connectivity index (χ2n) is 5.26. The Bertz CT molecular complexity index is 489. The van der Waals surface area contributed by atoms with Crippen molar-refractivity contribution in [3.8, 4) is 0 Å². The van der Waals surface area contributed by atoms with E-state index in [2.05, 4.69) is 10.7 Å². The Hall–Kier alpha value is -1.30. The largest absolute Gasteiger partial charge is 0.385 e. The van der Waals surface area contributed by atoms with Crippen LogP contribution >= 0.6 is 11.6 Å². The van der Waals surface area contributed by atoms with E-state index >= 15 is 0 Å². The third-order valence-electron chi connectivity index (χ3n) is 3.80. The number of hydrazine groups is 1. The number of halogens is 1. The molecule has 0 heterocycles. The van der Waals surface area contributed by atoms with Crippen LogP contribution < -0.4 is 16.6 Å². The second-order valence-corrected chi connectivity index (χ2v) is 5.70. The molecule has 2 rings (SSSR count). The van der Waals surface area contributed by atoms with E-state index in [1.165, 1.54) is 0 Å². The third-order valence-corrected chi connectivity index (χ3v) is 4.03. The van der Waals surface area contributed by atoms with Crippen molar-refractivity contribution in [3.05, 3.63) is 28.8 Å². The molecule has 110 valence electrons. The van der Waals surface area contributed by atoms with E-state index in [0.29, 0.717) is 22.8 Å². The van der Waals surface area contributed by atoms with Crippen LogP contribution in [-0.2, 0) is 4.74 Å². The molecule has 1 aromatic carbocycles. The van der Waals surface area contributed by atoms with Gasteiger partial charge in [-0.05, 0) is 42.9 Å². The molecule has 0 aromatic heterocycles. The van der Waals surface area contributed by atoms with E-state index in [4.69, 9.17) is 22.2 Å². The average molecular weight is 298 g/mol. The van der Waals surface area contributed by atoms with Crippen LogP contribution in [0.3, 0.4) is 0 Å². The molecule has 1 saturated carbocycles. The van der Waals surface area contributed by atoms with Gasteiger partial charge in [-0.15, -0.1) is 0 Å². The fourth-order valence-corrected chi connectivity index (χ4v) is 2.38. The summed E-state index contributed by atoms with van der Waals surface area (Å²) in [5.41, 5.74) is 3.74. The normalized spacial score (nSPS) is 15.8. The van der Waals surface area contributed by atoms with E-state index < -0.39 is 0 Å². The van der Waals surface area contributed by atoms with Gasteiger partial charge in [-0.25, -0.2) is 0 Å². The van der Waals surface area contributed by atoms with Crippen molar-refractivity contribution in [2.24, 2.45) is 11.3 Å². The highest BCUT2D eigenvalue weighted by Gasteiger charge is 2.42. The molecule has 1 fully saturated rings. The number of amides is 1. The molecule has 1 aliphatic carbocycles. The maximum Gasteiger partial charge on any atom is 0.253 e. The maximum atomic E-state index is 12.2. The van der Waals surface area contributed by atoms with Crippen LogP contribution in [0.4, 0.5) is 5.69 Å². The number of nitrogen functional groups attached to an aromatic ring is 1. The van der Waals surface area contributed by atoms with E-state index in [1.54, 1.807) is 25.3 Å². The first-order valence-corrected chi connectivity index (χ1v) is 7.01. The first-order chi connectivity index (χ1) is 9.60. The molecule has 1 amide bonds. The number of benzene rings is 1. The van der Waals surface area contributed by atoms with Gasteiger partial charge in [0.25, 0.3) is 5.91 Å². The lowest BCUT2D eigenvalue weighted by Crippen LogP contribution is -2.31. The Labute approximate surface area is 123 Å². The molecule has 0 bridgehead atoms. The van der Waals surface area contributed by atoms with Gasteiger partial charge in [0.05, 0.1) is 11.3 Å². The Morgan fingerprint density at radius 2 is 2.25 bits per heavy atom. The van der Waals surface area contributed by atoms with E-state index in [9.17, 15) is 4.79 Å². The Balaban J connectivity index is 1.97. The van der Waals surface area contributed by atoms with Crippen molar-refractivity contribution in [2.75, 3.05) is 25.7 Å². The van der Waals surface area contributed by atoms with Crippen LogP contribution in [0.25, 0.3) is 0 Å². The predicted molar refractivity (Wildman–Crippen MR) is 79.8 cm³/mol. The fraction of sp³-hybridized carbons (Fsp3) is 0.500. The molecule has 0 saturated heterocycles. The lowest BCUT2D eigenvalue weighted by Gasteiger charge is -2.16. The number of nitrogens with one attached hydrogen (secondary N) is 2. The molecule has 0 spiro atoms. The van der Waals surface area contributed by atoms with Gasteiger partial charge in [0.1, 0.15) is 0 Å². The maximum absolute atomic E-state index is 12.2. The van der Waals surface area contributed by atoms with Crippen molar-refractivity contribution in [1.29, 1.82) is 0 Å². The molecule has 4 N–H and O–H groups in total. The standard InChI is InChI=1S/C14H20ClN3O2/c1-20-7-6-14(4-5-14)9-17-13(19)11-8-10(15)2-3-12(11)18-16/h2-3,8,18H,4-7,9,16H2,1H3,(H,17,19). The number of nitrogens with two attached hydrogens (primary N) is 1. The van der Waals surface area contributed by atoms with Gasteiger partial charge in [-0.3, -0.25) is 10.6 Å². The predicted octanol–water partition coefficient (Wildman–Crippen LogP) is 2.17. The quantitative estimate of drug-likeness (QED) is 0.532. The van der Waals surface area contributed by atoms with Crippen LogP contribution in [0.5, 0.6) is 0 Å². The molecule has 5 nitrogen and oxygen atoms in total. The molecule has 1 aliphatic rings. The summed E-state index contributed by atoms with van der Waals surface area (Å²) >= 11 is 5.92. The summed E-state index contributed by atoms with van der Waals surface area (Å²) in [5.74, 6) is 5.25. The highest BCUT2D eigenvalue weighted by atomic mass is 35.5. The van der Waals surface area contributed by atoms with Gasteiger partial charge < -0.3 is 15.5 Å². The van der Waals surface area contributed by atoms with Crippen LogP contribution in [-0.4, -0.2) is 26.2 Å². The van der Waals surface area contributed by atoms with E-state index in [1.807, 2.05) is 0 Å². The number of carbonyl (C=O) groups excluding carboxylic acids is 1. The smallest absolute Gasteiger partial charge is 0.253 e. The van der Waals surface area contributed by atoms with Crippen molar-refractivity contribution >= 4 is 23.2 Å². The highest BCUT2D eigenvalue weighted by molar-refractivity contribution is 6.31. The van der Waals surface area contributed by atoms with Crippen LogP contribution in [0, 0.1) is 5.41 Å². The van der Waals surface area contributed by atoms with Crippen molar-refractivity contribution in [3.63, 3.8) is 0 Å². The fourth-order valence-electron chi connectivity index (χ4n) is 2.20. The average Bonchev–Trinajstić information content (AvgIpc) is 3.23. The number of hydrogen-bond donors (Lipinski definition) is 3. The number of anilines is 1. The zero-order chi connectivity index (χ0) is 14.6. The summed E-state index contributed by atoms with van der Waals surface area (Å²) in [6.07, 6.45) is 3.24.